The molecule has 2 aliphatic heterocycles. The van der Waals surface area contributed by atoms with Gasteiger partial charge in [-0.25, -0.2) is 0 Å². The molecule has 2 aliphatic rings. The Morgan fingerprint density at radius 1 is 0.739 bits per heavy atom. The second-order valence-electron chi connectivity index (χ2n) is 7.25. The van der Waals surface area contributed by atoms with E-state index in [-0.39, 0.29) is 6.04 Å². The molecule has 2 heterocycles. The Balaban J connectivity index is 1.86. The molecule has 2 aromatic rings. The van der Waals surface area contributed by atoms with E-state index in [4.69, 9.17) is 0 Å². The highest BCUT2D eigenvalue weighted by Crippen LogP contribution is 2.45. The number of hydrogen-bond donors (Lipinski definition) is 1. The van der Waals surface area contributed by atoms with Crippen LogP contribution in [0, 0.1) is 0 Å². The van der Waals surface area contributed by atoms with Gasteiger partial charge in [-0.1, -0.05) is 60.7 Å². The Morgan fingerprint density at radius 2 is 1.22 bits per heavy atom. The summed E-state index contributed by atoms with van der Waals surface area (Å²) in [6.45, 7) is 3.69. The Morgan fingerprint density at radius 3 is 1.74 bits per heavy atom. The van der Waals surface area contributed by atoms with E-state index in [1.165, 1.54) is 38.9 Å². The van der Waals surface area contributed by atoms with Gasteiger partial charge in [-0.2, -0.15) is 0 Å². The van der Waals surface area contributed by atoms with Gasteiger partial charge in [-0.05, 0) is 11.1 Å². The van der Waals surface area contributed by atoms with Crippen LogP contribution in [-0.2, 0) is 5.60 Å². The van der Waals surface area contributed by atoms with Crippen molar-refractivity contribution in [1.82, 2.24) is 0 Å². The molecule has 0 bridgehead atoms. The fraction of sp³-hybridized carbons (Fsp3) is 0.429. The summed E-state index contributed by atoms with van der Waals surface area (Å²) in [6, 6.07) is 20.9. The number of rotatable bonds is 3. The molecule has 4 rings (SSSR count). The lowest BCUT2D eigenvalue weighted by Gasteiger charge is -2.45. The van der Waals surface area contributed by atoms with E-state index in [1.807, 2.05) is 36.4 Å². The largest absolute Gasteiger partial charge is 0.374 e. The third-order valence-corrected chi connectivity index (χ3v) is 6.11. The molecule has 0 aromatic heterocycles. The zero-order valence-electron chi connectivity index (χ0n) is 13.7. The van der Waals surface area contributed by atoms with Gasteiger partial charge in [0, 0.05) is 25.7 Å². The summed E-state index contributed by atoms with van der Waals surface area (Å²) in [5, 5.41) is 12.1. The van der Waals surface area contributed by atoms with Crippen molar-refractivity contribution in [2.75, 3.05) is 19.6 Å². The molecular weight excluding hydrogens is 282 g/mol. The van der Waals surface area contributed by atoms with Crippen LogP contribution < -0.4 is 0 Å². The van der Waals surface area contributed by atoms with Crippen LogP contribution in [-0.4, -0.2) is 35.3 Å². The summed E-state index contributed by atoms with van der Waals surface area (Å²) in [4.78, 5) is 0. The van der Waals surface area contributed by atoms with Crippen LogP contribution in [0.1, 0.15) is 36.8 Å². The Kier molecular flexibility index (Phi) is 3.74. The second-order valence-corrected chi connectivity index (χ2v) is 7.25. The molecule has 2 saturated heterocycles. The molecule has 2 fully saturated rings. The summed E-state index contributed by atoms with van der Waals surface area (Å²) in [5.74, 6) is 0. The molecule has 0 amide bonds. The lowest BCUT2D eigenvalue weighted by Crippen LogP contribution is -2.59. The first kappa shape index (κ1) is 14.9. The first-order valence-electron chi connectivity index (χ1n) is 8.95. The van der Waals surface area contributed by atoms with E-state index in [2.05, 4.69) is 24.3 Å². The van der Waals surface area contributed by atoms with E-state index < -0.39 is 5.60 Å². The minimum absolute atomic E-state index is 0.273. The van der Waals surface area contributed by atoms with Gasteiger partial charge in [0.1, 0.15) is 6.04 Å². The van der Waals surface area contributed by atoms with Crippen LogP contribution in [0.2, 0.25) is 0 Å². The zero-order chi connectivity index (χ0) is 15.8. The van der Waals surface area contributed by atoms with Gasteiger partial charge in [0.05, 0.1) is 19.6 Å². The van der Waals surface area contributed by atoms with Crippen molar-refractivity contribution in [2.24, 2.45) is 0 Å². The van der Waals surface area contributed by atoms with Crippen molar-refractivity contribution in [1.29, 1.82) is 0 Å². The average Bonchev–Trinajstić information content (AvgIpc) is 3.26. The van der Waals surface area contributed by atoms with Crippen LogP contribution in [0.25, 0.3) is 0 Å². The number of quaternary nitrogens is 1. The Bertz CT molecular complexity index is 601. The molecule has 0 aliphatic carbocycles. The number of benzene rings is 2. The quantitative estimate of drug-likeness (QED) is 0.857. The average molecular weight is 308 g/mol. The molecule has 2 nitrogen and oxygen atoms in total. The smallest absolute Gasteiger partial charge is 0.166 e. The number of nitrogens with zero attached hydrogens (tertiary/aromatic N) is 1. The molecule has 0 saturated carbocycles. The van der Waals surface area contributed by atoms with E-state index in [1.54, 1.807) is 0 Å². The maximum absolute atomic E-state index is 12.1. The summed E-state index contributed by atoms with van der Waals surface area (Å²) in [5.41, 5.74) is 1.20. The predicted molar refractivity (Wildman–Crippen MR) is 93.0 cm³/mol. The molecule has 2 heteroatoms. The fourth-order valence-corrected chi connectivity index (χ4v) is 5.07. The van der Waals surface area contributed by atoms with Crippen molar-refractivity contribution < 1.29 is 9.59 Å². The molecule has 2 aromatic carbocycles. The minimum atomic E-state index is -0.886. The van der Waals surface area contributed by atoms with E-state index in [0.717, 1.165) is 22.0 Å². The highest BCUT2D eigenvalue weighted by molar-refractivity contribution is 5.37. The Hall–Kier alpha value is -1.64. The highest BCUT2D eigenvalue weighted by Gasteiger charge is 2.55. The Labute approximate surface area is 139 Å². The van der Waals surface area contributed by atoms with Gasteiger partial charge in [0.15, 0.2) is 5.60 Å². The third kappa shape index (κ3) is 2.32. The molecule has 1 N–H and O–H groups in total. The number of hydrogen-bond acceptors (Lipinski definition) is 1. The van der Waals surface area contributed by atoms with Crippen molar-refractivity contribution in [3.63, 3.8) is 0 Å². The molecule has 0 unspecified atom stereocenters. The van der Waals surface area contributed by atoms with Gasteiger partial charge in [0.2, 0.25) is 0 Å². The first-order valence-corrected chi connectivity index (χ1v) is 8.95. The van der Waals surface area contributed by atoms with Crippen LogP contribution in [0.15, 0.2) is 60.7 Å². The van der Waals surface area contributed by atoms with Crippen LogP contribution >= 0.6 is 0 Å². The standard InChI is InChI=1S/C21H26NO/c23-21(18-10-3-1-4-11-18,19-12-5-2-6-13-19)20-14-9-17-22(20)15-7-8-16-22/h1-6,10-13,20,23H,7-9,14-17H2/q+1/t20-/m0/s1. The van der Waals surface area contributed by atoms with Crippen molar-refractivity contribution >= 4 is 0 Å². The molecule has 0 radical (unpaired) electrons. The predicted octanol–water partition coefficient (Wildman–Crippen LogP) is 3.70. The zero-order valence-corrected chi connectivity index (χ0v) is 13.7. The molecule has 1 spiro atoms. The second kappa shape index (κ2) is 5.77. The van der Waals surface area contributed by atoms with Crippen LogP contribution in [0.4, 0.5) is 0 Å². The maximum Gasteiger partial charge on any atom is 0.166 e. The van der Waals surface area contributed by atoms with Gasteiger partial charge >= 0.3 is 0 Å². The van der Waals surface area contributed by atoms with Crippen molar-refractivity contribution in [2.45, 2.75) is 37.3 Å². The monoisotopic (exact) mass is 308 g/mol. The topological polar surface area (TPSA) is 20.2 Å². The summed E-state index contributed by atoms with van der Waals surface area (Å²) in [7, 11) is 0. The molecule has 1 atom stereocenters. The molecule has 23 heavy (non-hydrogen) atoms. The maximum atomic E-state index is 12.1. The van der Waals surface area contributed by atoms with Crippen molar-refractivity contribution in [3.8, 4) is 0 Å². The summed E-state index contributed by atoms with van der Waals surface area (Å²) in [6.07, 6.45) is 4.94. The van der Waals surface area contributed by atoms with Gasteiger partial charge in [-0.3, -0.25) is 0 Å². The first-order chi connectivity index (χ1) is 11.3. The minimum Gasteiger partial charge on any atom is -0.374 e. The van der Waals surface area contributed by atoms with E-state index >= 15 is 0 Å². The van der Waals surface area contributed by atoms with Crippen LogP contribution in [0.3, 0.4) is 0 Å². The fourth-order valence-electron chi connectivity index (χ4n) is 5.07. The third-order valence-electron chi connectivity index (χ3n) is 6.11. The molecular formula is C21H26NO+. The molecule has 120 valence electrons. The summed E-state index contributed by atoms with van der Waals surface area (Å²) < 4.78 is 1.11. The normalized spacial score (nSPS) is 23.4. The SMILES string of the molecule is OC(c1ccccc1)(c1ccccc1)[C@@H]1CCC[N+]12CCCC2. The van der Waals surface area contributed by atoms with Crippen LogP contribution in [0.5, 0.6) is 0 Å². The van der Waals surface area contributed by atoms with Gasteiger partial charge in [0.25, 0.3) is 0 Å². The van der Waals surface area contributed by atoms with E-state index in [9.17, 15) is 5.11 Å². The van der Waals surface area contributed by atoms with Gasteiger partial charge < -0.3 is 9.59 Å². The van der Waals surface area contributed by atoms with Gasteiger partial charge in [-0.15, -0.1) is 0 Å². The number of aliphatic hydroxyl groups is 1. The highest BCUT2D eigenvalue weighted by atomic mass is 16.3. The lowest BCUT2D eigenvalue weighted by molar-refractivity contribution is -0.935. The van der Waals surface area contributed by atoms with Crippen molar-refractivity contribution in [3.05, 3.63) is 71.8 Å². The lowest BCUT2D eigenvalue weighted by atomic mass is 9.78. The summed E-state index contributed by atoms with van der Waals surface area (Å²) >= 11 is 0. The van der Waals surface area contributed by atoms with E-state index in [0.29, 0.717) is 0 Å².